The first-order valence-electron chi connectivity index (χ1n) is 14.9. The van der Waals surface area contributed by atoms with Gasteiger partial charge in [0.05, 0.1) is 12.8 Å². The summed E-state index contributed by atoms with van der Waals surface area (Å²) < 4.78 is 76.7. The van der Waals surface area contributed by atoms with Gasteiger partial charge in [0.25, 0.3) is 0 Å². The van der Waals surface area contributed by atoms with E-state index in [1.54, 1.807) is 7.11 Å². The lowest BCUT2D eigenvalue weighted by Crippen LogP contribution is -2.28. The Morgan fingerprint density at radius 2 is 1.48 bits per heavy atom. The zero-order valence-electron chi connectivity index (χ0n) is 28.1. The van der Waals surface area contributed by atoms with Gasteiger partial charge in [-0.1, -0.05) is 48.5 Å². The van der Waals surface area contributed by atoms with Crippen LogP contribution in [0.2, 0.25) is 0 Å². The lowest BCUT2D eigenvalue weighted by Gasteiger charge is -2.22. The monoisotopic (exact) mass is 742 g/mol. The molecule has 0 saturated heterocycles. The topological polar surface area (TPSA) is 197 Å². The summed E-state index contributed by atoms with van der Waals surface area (Å²) in [6, 6.07) is 22.6. The number of halogens is 6. The fraction of sp³-hybridized carbons (Fsp3) is 0.303. The van der Waals surface area contributed by atoms with E-state index in [0.29, 0.717) is 35.0 Å². The molecule has 0 fully saturated rings. The number of nitrogens with zero attached hydrogens (tertiary/aromatic N) is 3. The molecule has 0 aliphatic heterocycles. The molecule has 13 nitrogen and oxygen atoms in total. The molecule has 3 aromatic carbocycles. The number of aliphatic carboxylic acids is 2. The number of methoxy groups -OCH3 is 1. The normalized spacial score (nSPS) is 12.4. The van der Waals surface area contributed by atoms with Crippen molar-refractivity contribution in [2.75, 3.05) is 27.7 Å². The van der Waals surface area contributed by atoms with Crippen molar-refractivity contribution >= 4 is 17.8 Å². The number of aromatic amines is 1. The third kappa shape index (κ3) is 13.1. The summed E-state index contributed by atoms with van der Waals surface area (Å²) in [5, 5.41) is 26.6. The molecule has 4 rings (SSSR count). The van der Waals surface area contributed by atoms with Gasteiger partial charge in [0.2, 0.25) is 0 Å². The van der Waals surface area contributed by atoms with E-state index in [1.165, 1.54) is 4.68 Å². The number of carboxylic acids is 2. The summed E-state index contributed by atoms with van der Waals surface area (Å²) in [4.78, 5) is 35.7. The molecule has 0 saturated carbocycles. The number of para-hydroxylation sites is 1. The van der Waals surface area contributed by atoms with Crippen LogP contribution in [-0.4, -0.2) is 93.9 Å². The van der Waals surface area contributed by atoms with E-state index >= 15 is 0 Å². The predicted octanol–water partition coefficient (Wildman–Crippen LogP) is 4.82. The Hall–Kier alpha value is -5.85. The number of alkyl halides is 6. The van der Waals surface area contributed by atoms with Gasteiger partial charge in [-0.05, 0) is 62.8 Å². The molecule has 2 atom stereocenters. The molecule has 4 aromatic rings. The minimum atomic E-state index is -5.08. The molecule has 1 aromatic heterocycles. The number of hydrogen-bond donors (Lipinski definition) is 5. The molecule has 2 unspecified atom stereocenters. The highest BCUT2D eigenvalue weighted by atomic mass is 19.4. The highest BCUT2D eigenvalue weighted by Gasteiger charge is 2.39. The van der Waals surface area contributed by atoms with E-state index < -0.39 is 24.3 Å². The molecule has 0 bridgehead atoms. The molecule has 6 N–H and O–H groups in total. The number of benzene rings is 3. The number of nitrogens with one attached hydrogen (secondary N) is 2. The van der Waals surface area contributed by atoms with Gasteiger partial charge in [-0.25, -0.2) is 14.4 Å². The highest BCUT2D eigenvalue weighted by molar-refractivity contribution is 5.94. The van der Waals surface area contributed by atoms with Gasteiger partial charge in [0, 0.05) is 18.0 Å². The smallest absolute Gasteiger partial charge is 0.490 e. The highest BCUT2D eigenvalue weighted by Crippen LogP contribution is 2.35. The molecule has 0 aliphatic rings. The molecule has 0 amide bonds. The van der Waals surface area contributed by atoms with E-state index in [0.717, 1.165) is 17.7 Å². The SMILES string of the molecule is COc1cc(C(Cc2ccc(C(=N)N)cc2)c2nn(-c3ccccc3)c(=O)[nH]2)ccc1OC(C)CN(C)C.O=C(O)C(F)(F)F.O=C(O)C(F)(F)F. The molecule has 0 radical (unpaired) electrons. The van der Waals surface area contributed by atoms with Gasteiger partial charge < -0.3 is 30.3 Å². The molecule has 52 heavy (non-hydrogen) atoms. The maximum atomic E-state index is 12.9. The van der Waals surface area contributed by atoms with E-state index in [4.69, 9.17) is 40.4 Å². The summed E-state index contributed by atoms with van der Waals surface area (Å²) in [5.41, 5.74) is 8.58. The Morgan fingerprint density at radius 3 is 1.94 bits per heavy atom. The number of H-pyrrole nitrogens is 1. The second kappa shape index (κ2) is 18.4. The third-order valence-corrected chi connectivity index (χ3v) is 6.70. The number of nitrogens with two attached hydrogens (primary N) is 1. The number of rotatable bonds is 11. The van der Waals surface area contributed by atoms with Crippen LogP contribution in [0.5, 0.6) is 11.5 Å². The van der Waals surface area contributed by atoms with Gasteiger partial charge in [-0.15, -0.1) is 5.10 Å². The van der Waals surface area contributed by atoms with Crippen LogP contribution in [0, 0.1) is 5.41 Å². The zero-order chi connectivity index (χ0) is 39.4. The lowest BCUT2D eigenvalue weighted by molar-refractivity contribution is -0.193. The summed E-state index contributed by atoms with van der Waals surface area (Å²) in [6.45, 7) is 2.78. The molecular formula is C33H36F6N6O7. The lowest BCUT2D eigenvalue weighted by atomic mass is 9.90. The van der Waals surface area contributed by atoms with E-state index in [9.17, 15) is 31.1 Å². The van der Waals surface area contributed by atoms with Crippen molar-refractivity contribution in [3.63, 3.8) is 0 Å². The summed E-state index contributed by atoms with van der Waals surface area (Å²) >= 11 is 0. The third-order valence-electron chi connectivity index (χ3n) is 6.70. The van der Waals surface area contributed by atoms with Gasteiger partial charge >= 0.3 is 30.0 Å². The van der Waals surface area contributed by atoms with Crippen molar-refractivity contribution in [3.8, 4) is 17.2 Å². The summed E-state index contributed by atoms with van der Waals surface area (Å²) in [6.07, 6.45) is -9.64. The average Bonchev–Trinajstić information content (AvgIpc) is 3.44. The van der Waals surface area contributed by atoms with Gasteiger partial charge in [-0.2, -0.15) is 31.0 Å². The molecular weight excluding hydrogens is 706 g/mol. The van der Waals surface area contributed by atoms with Crippen molar-refractivity contribution in [2.24, 2.45) is 5.73 Å². The molecule has 1 heterocycles. The first kappa shape index (κ1) is 42.3. The van der Waals surface area contributed by atoms with Crippen molar-refractivity contribution in [2.45, 2.75) is 37.7 Å². The number of carbonyl (C=O) groups is 2. The summed E-state index contributed by atoms with van der Waals surface area (Å²) in [7, 11) is 5.62. The zero-order valence-corrected chi connectivity index (χ0v) is 28.1. The minimum absolute atomic E-state index is 0.0165. The quantitative estimate of drug-likeness (QED) is 0.0807. The van der Waals surface area contributed by atoms with Crippen LogP contribution < -0.4 is 20.9 Å². The Bertz CT molecular complexity index is 1820. The van der Waals surface area contributed by atoms with Crippen LogP contribution in [0.25, 0.3) is 5.69 Å². The fourth-order valence-corrected chi connectivity index (χ4v) is 4.44. The number of aromatic nitrogens is 3. The molecule has 19 heteroatoms. The second-order valence-electron chi connectivity index (χ2n) is 11.1. The van der Waals surface area contributed by atoms with Crippen LogP contribution in [0.1, 0.15) is 35.4 Å². The summed E-state index contributed by atoms with van der Waals surface area (Å²) in [5.74, 6) is -3.99. The number of ether oxygens (including phenoxy) is 2. The van der Waals surface area contributed by atoms with E-state index in [1.807, 2.05) is 93.8 Å². The standard InChI is InChI=1S/C29H34N6O3.2C2HF3O2/c1-19(18-34(2)3)38-25-15-14-22(17-26(25)37-4)24(16-20-10-12-21(13-11-20)27(30)31)28-32-29(36)35(33-28)23-8-6-5-7-9-23;2*3-2(4,5)1(6)7/h5-15,17,19,24H,16,18H2,1-4H3,(H3,30,31)(H,32,33,36);2*(H,6,7). The van der Waals surface area contributed by atoms with E-state index in [2.05, 4.69) is 15.0 Å². The maximum Gasteiger partial charge on any atom is 0.490 e. The van der Waals surface area contributed by atoms with Gasteiger partial charge in [-0.3, -0.25) is 10.4 Å². The Balaban J connectivity index is 0.000000564. The first-order valence-corrected chi connectivity index (χ1v) is 14.9. The number of amidine groups is 1. The number of likely N-dealkylation sites (N-methyl/N-ethyl adjacent to an activating group) is 1. The predicted molar refractivity (Wildman–Crippen MR) is 176 cm³/mol. The van der Waals surface area contributed by atoms with Crippen LogP contribution >= 0.6 is 0 Å². The minimum Gasteiger partial charge on any atom is -0.493 e. The van der Waals surface area contributed by atoms with Crippen molar-refractivity contribution in [1.82, 2.24) is 19.7 Å². The number of carboxylic acid groups (broad SMARTS) is 2. The van der Waals surface area contributed by atoms with Crippen LogP contribution in [0.4, 0.5) is 26.3 Å². The molecule has 0 aliphatic carbocycles. The fourth-order valence-electron chi connectivity index (χ4n) is 4.44. The maximum absolute atomic E-state index is 12.9. The van der Waals surface area contributed by atoms with Gasteiger partial charge in [0.15, 0.2) is 11.5 Å². The Kier molecular flexibility index (Phi) is 15.0. The Morgan fingerprint density at radius 1 is 0.942 bits per heavy atom. The van der Waals surface area contributed by atoms with Crippen LogP contribution in [0.15, 0.2) is 77.6 Å². The number of nitrogen functional groups attached to an aromatic ring is 1. The number of hydrogen-bond acceptors (Lipinski definition) is 8. The van der Waals surface area contributed by atoms with Crippen molar-refractivity contribution < 1.29 is 55.6 Å². The van der Waals surface area contributed by atoms with Crippen molar-refractivity contribution in [1.29, 1.82) is 5.41 Å². The average molecular weight is 743 g/mol. The van der Waals surface area contributed by atoms with Gasteiger partial charge in [0.1, 0.15) is 17.8 Å². The van der Waals surface area contributed by atoms with Crippen molar-refractivity contribution in [3.05, 3.63) is 106 Å². The molecule has 0 spiro atoms. The van der Waals surface area contributed by atoms with Crippen LogP contribution in [-0.2, 0) is 16.0 Å². The Labute approximate surface area is 292 Å². The first-order chi connectivity index (χ1) is 24.1. The van der Waals surface area contributed by atoms with E-state index in [-0.39, 0.29) is 23.5 Å². The van der Waals surface area contributed by atoms with Crippen LogP contribution in [0.3, 0.4) is 0 Å². The largest absolute Gasteiger partial charge is 0.493 e. The molecule has 282 valence electrons. The second-order valence-corrected chi connectivity index (χ2v) is 11.1.